The van der Waals surface area contributed by atoms with Crippen LogP contribution in [0.2, 0.25) is 0 Å². The molecule has 2 N–H and O–H groups in total. The molecule has 7 nitrogen and oxygen atoms in total. The topological polar surface area (TPSA) is 81.2 Å². The van der Waals surface area contributed by atoms with E-state index in [1.807, 2.05) is 6.07 Å². The number of nitrogens with zero attached hydrogens (tertiary/aromatic N) is 2. The number of benzene rings is 2. The van der Waals surface area contributed by atoms with E-state index in [9.17, 15) is 18.0 Å². The summed E-state index contributed by atoms with van der Waals surface area (Å²) in [6, 6.07) is 11.3. The molecule has 0 bridgehead atoms. The molecular weight excluding hydrogens is 495 g/mol. The van der Waals surface area contributed by atoms with Crippen molar-refractivity contribution in [3.8, 4) is 11.7 Å². The standard InChI is InChI=1S/C21H19BrF3N3O4/c22-19-15-11-18(31-20(26)29)30-17(15)5-4-16(19)28-8-6-27(7-9-28)12-13-2-1-3-14(10-13)32-21(23,24)25/h1-5,10-11H,6-9,12H2,(H2,26,29). The Kier molecular flexibility index (Phi) is 6.20. The van der Waals surface area contributed by atoms with Crippen LogP contribution in [0.5, 0.6) is 11.7 Å². The molecule has 32 heavy (non-hydrogen) atoms. The molecule has 11 heteroatoms. The number of hydrogen-bond donors (Lipinski definition) is 1. The van der Waals surface area contributed by atoms with Gasteiger partial charge in [0.1, 0.15) is 11.3 Å². The van der Waals surface area contributed by atoms with Crippen molar-refractivity contribution in [3.63, 3.8) is 0 Å². The Bertz CT molecular complexity index is 1130. The molecule has 1 saturated heterocycles. The van der Waals surface area contributed by atoms with Crippen LogP contribution >= 0.6 is 15.9 Å². The fourth-order valence-corrected chi connectivity index (χ4v) is 4.38. The maximum Gasteiger partial charge on any atom is 0.573 e. The van der Waals surface area contributed by atoms with Crippen molar-refractivity contribution in [1.29, 1.82) is 0 Å². The average molecular weight is 514 g/mol. The zero-order valence-corrected chi connectivity index (χ0v) is 18.3. The first kappa shape index (κ1) is 22.3. The predicted molar refractivity (Wildman–Crippen MR) is 115 cm³/mol. The Labute approximate surface area is 189 Å². The van der Waals surface area contributed by atoms with Crippen LogP contribution in [0.25, 0.3) is 11.0 Å². The number of rotatable bonds is 5. The molecule has 1 aliphatic rings. The number of amides is 1. The number of carbonyl (C=O) groups excluding carboxylic acids is 1. The molecule has 0 unspecified atom stereocenters. The minimum Gasteiger partial charge on any atom is -0.425 e. The van der Waals surface area contributed by atoms with Crippen molar-refractivity contribution < 1.29 is 31.9 Å². The fourth-order valence-electron chi connectivity index (χ4n) is 3.68. The van der Waals surface area contributed by atoms with E-state index in [2.05, 4.69) is 30.5 Å². The first-order chi connectivity index (χ1) is 15.2. The van der Waals surface area contributed by atoms with Gasteiger partial charge in [-0.25, -0.2) is 4.79 Å². The summed E-state index contributed by atoms with van der Waals surface area (Å²) < 4.78 is 52.4. The number of fused-ring (bicyclic) bond motifs is 1. The van der Waals surface area contributed by atoms with Gasteiger partial charge in [-0.1, -0.05) is 12.1 Å². The summed E-state index contributed by atoms with van der Waals surface area (Å²) >= 11 is 3.60. The second kappa shape index (κ2) is 8.91. The van der Waals surface area contributed by atoms with Gasteiger partial charge in [-0.2, -0.15) is 0 Å². The molecule has 0 atom stereocenters. The van der Waals surface area contributed by atoms with E-state index < -0.39 is 12.5 Å². The summed E-state index contributed by atoms with van der Waals surface area (Å²) in [5.41, 5.74) is 7.30. The van der Waals surface area contributed by atoms with Crippen LogP contribution in [0, 0.1) is 0 Å². The molecule has 0 saturated carbocycles. The van der Waals surface area contributed by atoms with Crippen molar-refractivity contribution in [1.82, 2.24) is 4.90 Å². The maximum atomic E-state index is 12.4. The van der Waals surface area contributed by atoms with Gasteiger partial charge in [0.15, 0.2) is 0 Å². The maximum absolute atomic E-state index is 12.4. The lowest BCUT2D eigenvalue weighted by Crippen LogP contribution is -2.46. The molecule has 0 aliphatic carbocycles. The minimum atomic E-state index is -4.71. The number of hydrogen-bond acceptors (Lipinski definition) is 6. The number of carbonyl (C=O) groups is 1. The van der Waals surface area contributed by atoms with Gasteiger partial charge in [-0.3, -0.25) is 4.90 Å². The monoisotopic (exact) mass is 513 g/mol. The normalized spacial score (nSPS) is 15.2. The lowest BCUT2D eigenvalue weighted by Gasteiger charge is -2.36. The molecule has 3 aromatic rings. The number of piperazine rings is 1. The van der Waals surface area contributed by atoms with E-state index in [0.29, 0.717) is 12.1 Å². The van der Waals surface area contributed by atoms with Gasteiger partial charge in [-0.05, 0) is 45.8 Å². The number of primary amides is 1. The third-order valence-corrected chi connectivity index (χ3v) is 5.88. The minimum absolute atomic E-state index is 0.0203. The zero-order valence-electron chi connectivity index (χ0n) is 16.7. The number of nitrogens with two attached hydrogens (primary N) is 1. The van der Waals surface area contributed by atoms with Crippen LogP contribution in [-0.2, 0) is 6.54 Å². The van der Waals surface area contributed by atoms with E-state index in [-0.39, 0.29) is 11.7 Å². The predicted octanol–water partition coefficient (Wildman–Crippen LogP) is 4.87. The van der Waals surface area contributed by atoms with E-state index >= 15 is 0 Å². The van der Waals surface area contributed by atoms with Gasteiger partial charge in [0, 0.05) is 44.2 Å². The van der Waals surface area contributed by atoms with Crippen molar-refractivity contribution in [2.24, 2.45) is 5.73 Å². The summed E-state index contributed by atoms with van der Waals surface area (Å²) in [5, 5.41) is 0.752. The third kappa shape index (κ3) is 5.28. The smallest absolute Gasteiger partial charge is 0.425 e. The molecular formula is C21H19BrF3N3O4. The van der Waals surface area contributed by atoms with Crippen LogP contribution in [0.1, 0.15) is 5.56 Å². The van der Waals surface area contributed by atoms with Gasteiger partial charge in [-0.15, -0.1) is 13.2 Å². The second-order valence-corrected chi connectivity index (χ2v) is 8.05. The summed E-state index contributed by atoms with van der Waals surface area (Å²) in [6.07, 6.45) is -5.66. The van der Waals surface area contributed by atoms with Gasteiger partial charge in [0.2, 0.25) is 0 Å². The molecule has 4 rings (SSSR count). The summed E-state index contributed by atoms with van der Waals surface area (Å²) in [5.74, 6) is -0.197. The van der Waals surface area contributed by atoms with Crippen molar-refractivity contribution in [2.75, 3.05) is 31.1 Å². The van der Waals surface area contributed by atoms with Gasteiger partial charge in [0.05, 0.1) is 10.2 Å². The van der Waals surface area contributed by atoms with Gasteiger partial charge in [0.25, 0.3) is 5.95 Å². The lowest BCUT2D eigenvalue weighted by atomic mass is 10.1. The Morgan fingerprint density at radius 3 is 2.56 bits per heavy atom. The molecule has 170 valence electrons. The summed E-state index contributed by atoms with van der Waals surface area (Å²) in [7, 11) is 0. The largest absolute Gasteiger partial charge is 0.573 e. The summed E-state index contributed by atoms with van der Waals surface area (Å²) in [6.45, 7) is 3.45. The van der Waals surface area contributed by atoms with Gasteiger partial charge >= 0.3 is 12.5 Å². The van der Waals surface area contributed by atoms with Crippen LogP contribution in [-0.4, -0.2) is 43.5 Å². The number of anilines is 1. The van der Waals surface area contributed by atoms with Gasteiger partial charge < -0.3 is 24.5 Å². The first-order valence-electron chi connectivity index (χ1n) is 9.69. The molecule has 1 aliphatic heterocycles. The van der Waals surface area contributed by atoms with Crippen LogP contribution < -0.4 is 20.1 Å². The Morgan fingerprint density at radius 1 is 1.12 bits per heavy atom. The molecule has 1 fully saturated rings. The summed E-state index contributed by atoms with van der Waals surface area (Å²) in [4.78, 5) is 15.3. The van der Waals surface area contributed by atoms with Crippen LogP contribution in [0.3, 0.4) is 0 Å². The van der Waals surface area contributed by atoms with Crippen LogP contribution in [0.15, 0.2) is 51.4 Å². The van der Waals surface area contributed by atoms with E-state index in [1.165, 1.54) is 12.1 Å². The highest BCUT2D eigenvalue weighted by molar-refractivity contribution is 9.10. The van der Waals surface area contributed by atoms with Crippen molar-refractivity contribution >= 4 is 38.7 Å². The highest BCUT2D eigenvalue weighted by atomic mass is 79.9. The van der Waals surface area contributed by atoms with E-state index in [1.54, 1.807) is 24.3 Å². The fraction of sp³-hybridized carbons (Fsp3) is 0.286. The average Bonchev–Trinajstić information content (AvgIpc) is 3.11. The first-order valence-corrected chi connectivity index (χ1v) is 10.5. The van der Waals surface area contributed by atoms with Crippen molar-refractivity contribution in [3.05, 3.63) is 52.5 Å². The third-order valence-electron chi connectivity index (χ3n) is 5.04. The van der Waals surface area contributed by atoms with Crippen LogP contribution in [0.4, 0.5) is 23.7 Å². The SMILES string of the molecule is NC(=O)Oc1cc2c(Br)c(N3CCN(Cc4cccc(OC(F)(F)F)c4)CC3)ccc2o1. The van der Waals surface area contributed by atoms with E-state index in [0.717, 1.165) is 47.3 Å². The molecule has 1 amide bonds. The lowest BCUT2D eigenvalue weighted by molar-refractivity contribution is -0.274. The Hall–Kier alpha value is -2.92. The Morgan fingerprint density at radius 2 is 1.88 bits per heavy atom. The highest BCUT2D eigenvalue weighted by Gasteiger charge is 2.31. The van der Waals surface area contributed by atoms with E-state index in [4.69, 9.17) is 14.9 Å². The zero-order chi connectivity index (χ0) is 22.9. The molecule has 2 heterocycles. The quantitative estimate of drug-likeness (QED) is 0.523. The Balaban J connectivity index is 1.40. The number of furan rings is 1. The number of alkyl halides is 3. The van der Waals surface area contributed by atoms with Crippen molar-refractivity contribution in [2.45, 2.75) is 12.9 Å². The molecule has 0 radical (unpaired) electrons. The number of ether oxygens (including phenoxy) is 2. The molecule has 2 aromatic carbocycles. The second-order valence-electron chi connectivity index (χ2n) is 7.26. The highest BCUT2D eigenvalue weighted by Crippen LogP contribution is 2.38. The molecule has 0 spiro atoms. The number of halogens is 4. The molecule has 1 aromatic heterocycles.